The molecule has 1 saturated heterocycles. The largest absolute Gasteiger partial charge is 0.415 e. The van der Waals surface area contributed by atoms with E-state index in [4.69, 9.17) is 4.42 Å². The molecule has 1 atom stereocenters. The van der Waals surface area contributed by atoms with E-state index in [2.05, 4.69) is 10.2 Å². The van der Waals surface area contributed by atoms with E-state index in [1.165, 1.54) is 27.4 Å². The number of amides is 1. The SMILES string of the molecule is O=C1c2cc(-c3nnc(C(F)F)o3)cc(F)c2CN1C[C@H]1CCCN1S(=O)(=O)c1cccc(F)c1. The normalized spacial score (nSPS) is 18.6. The summed E-state index contributed by atoms with van der Waals surface area (Å²) in [5.74, 6) is -3.24. The lowest BCUT2D eigenvalue weighted by molar-refractivity contribution is 0.0751. The van der Waals surface area contributed by atoms with Crippen LogP contribution in [0.15, 0.2) is 45.7 Å². The van der Waals surface area contributed by atoms with E-state index in [-0.39, 0.29) is 47.1 Å². The van der Waals surface area contributed by atoms with Gasteiger partial charge >= 0.3 is 6.43 Å². The molecule has 3 aromatic rings. The van der Waals surface area contributed by atoms with Crippen LogP contribution in [-0.4, -0.2) is 52.9 Å². The fraction of sp³-hybridized carbons (Fsp3) is 0.318. The van der Waals surface area contributed by atoms with Crippen molar-refractivity contribution in [2.75, 3.05) is 13.1 Å². The number of fused-ring (bicyclic) bond motifs is 1. The smallest absolute Gasteiger partial charge is 0.314 e. The van der Waals surface area contributed by atoms with Crippen LogP contribution in [0.4, 0.5) is 17.6 Å². The molecule has 1 amide bonds. The van der Waals surface area contributed by atoms with Crippen molar-refractivity contribution in [2.24, 2.45) is 0 Å². The molecule has 0 unspecified atom stereocenters. The molecule has 0 saturated carbocycles. The van der Waals surface area contributed by atoms with Gasteiger partial charge in [-0.15, -0.1) is 10.2 Å². The number of carbonyl (C=O) groups excluding carboxylic acids is 1. The first-order valence-corrected chi connectivity index (χ1v) is 12.1. The van der Waals surface area contributed by atoms with E-state index in [0.29, 0.717) is 12.8 Å². The van der Waals surface area contributed by atoms with E-state index in [1.807, 2.05) is 0 Å². The first-order valence-electron chi connectivity index (χ1n) is 10.7. The minimum Gasteiger partial charge on any atom is -0.415 e. The second kappa shape index (κ2) is 8.72. The van der Waals surface area contributed by atoms with Crippen LogP contribution in [0.1, 0.15) is 41.1 Å². The molecule has 0 radical (unpaired) electrons. The zero-order valence-electron chi connectivity index (χ0n) is 18.0. The minimum atomic E-state index is -4.00. The molecule has 1 aromatic heterocycles. The van der Waals surface area contributed by atoms with E-state index < -0.39 is 45.9 Å². The summed E-state index contributed by atoms with van der Waals surface area (Å²) in [6.07, 6.45) is -1.97. The zero-order chi connectivity index (χ0) is 24.9. The van der Waals surface area contributed by atoms with E-state index >= 15 is 0 Å². The summed E-state index contributed by atoms with van der Waals surface area (Å²) in [7, 11) is -4.00. The highest BCUT2D eigenvalue weighted by atomic mass is 32.2. The number of sulfonamides is 1. The van der Waals surface area contributed by atoms with Crippen molar-refractivity contribution >= 4 is 15.9 Å². The molecule has 1 fully saturated rings. The Labute approximate surface area is 197 Å². The van der Waals surface area contributed by atoms with Crippen molar-refractivity contribution in [3.63, 3.8) is 0 Å². The Morgan fingerprint density at radius 3 is 2.66 bits per heavy atom. The van der Waals surface area contributed by atoms with Crippen LogP contribution < -0.4 is 0 Å². The highest BCUT2D eigenvalue weighted by Gasteiger charge is 2.39. The molecule has 8 nitrogen and oxygen atoms in total. The lowest BCUT2D eigenvalue weighted by atomic mass is 10.1. The Hall–Kier alpha value is -3.32. The average molecular weight is 510 g/mol. The number of hydrogen-bond acceptors (Lipinski definition) is 6. The number of aromatic nitrogens is 2. The standard InChI is InChI=1S/C22H18F4N4O4S/c23-13-3-1-5-15(9-13)35(32,33)30-6-2-4-14(30)10-29-11-17-16(22(29)31)7-12(8-18(17)24)20-27-28-21(34-20)19(25)26/h1,3,5,7-9,14,19H,2,4,6,10-11H2/t14-/m1/s1. The van der Waals surface area contributed by atoms with E-state index in [1.54, 1.807) is 0 Å². The number of rotatable bonds is 6. The number of hydrogen-bond donors (Lipinski definition) is 0. The second-order valence-corrected chi connectivity index (χ2v) is 10.2. The van der Waals surface area contributed by atoms with Crippen molar-refractivity contribution in [2.45, 2.75) is 36.7 Å². The maximum Gasteiger partial charge on any atom is 0.314 e. The summed E-state index contributed by atoms with van der Waals surface area (Å²) in [6.45, 7) is 0.129. The molecule has 3 heterocycles. The maximum atomic E-state index is 14.8. The number of nitrogens with zero attached hydrogens (tertiary/aromatic N) is 4. The molecule has 0 spiro atoms. The highest BCUT2D eigenvalue weighted by Crippen LogP contribution is 2.33. The van der Waals surface area contributed by atoms with Gasteiger partial charge in [0.15, 0.2) is 0 Å². The lowest BCUT2D eigenvalue weighted by Crippen LogP contribution is -2.43. The predicted molar refractivity (Wildman–Crippen MR) is 113 cm³/mol. The molecule has 2 aliphatic heterocycles. The molecule has 35 heavy (non-hydrogen) atoms. The number of benzene rings is 2. The molecule has 2 aliphatic rings. The Morgan fingerprint density at radius 2 is 1.94 bits per heavy atom. The van der Waals surface area contributed by atoms with E-state index in [9.17, 15) is 30.8 Å². The highest BCUT2D eigenvalue weighted by molar-refractivity contribution is 7.89. The van der Waals surface area contributed by atoms with Crippen molar-refractivity contribution in [1.82, 2.24) is 19.4 Å². The summed E-state index contributed by atoms with van der Waals surface area (Å²) in [4.78, 5) is 14.2. The van der Waals surface area contributed by atoms with Gasteiger partial charge in [-0.25, -0.2) is 17.2 Å². The van der Waals surface area contributed by atoms with Gasteiger partial charge in [-0.05, 0) is 43.2 Å². The second-order valence-electron chi connectivity index (χ2n) is 8.29. The van der Waals surface area contributed by atoms with Crippen molar-refractivity contribution in [1.29, 1.82) is 0 Å². The topological polar surface area (TPSA) is 96.6 Å². The molecule has 13 heteroatoms. The Balaban J connectivity index is 1.38. The number of alkyl halides is 2. The molecule has 184 valence electrons. The first-order chi connectivity index (χ1) is 16.6. The Kier molecular flexibility index (Phi) is 5.83. The van der Waals surface area contributed by atoms with Crippen LogP contribution >= 0.6 is 0 Å². The van der Waals surface area contributed by atoms with Crippen LogP contribution in [-0.2, 0) is 16.6 Å². The minimum absolute atomic E-state index is 0.00687. The molecular weight excluding hydrogens is 492 g/mol. The Bertz CT molecular complexity index is 1410. The number of carbonyl (C=O) groups is 1. The molecule has 0 aliphatic carbocycles. The summed E-state index contributed by atoms with van der Waals surface area (Å²) in [5, 5.41) is 6.69. The van der Waals surface area contributed by atoms with Gasteiger partial charge in [-0.3, -0.25) is 4.79 Å². The maximum absolute atomic E-state index is 14.8. The van der Waals surface area contributed by atoms with Crippen LogP contribution in [0.2, 0.25) is 0 Å². The summed E-state index contributed by atoms with van der Waals surface area (Å²) < 4.78 is 86.2. The zero-order valence-corrected chi connectivity index (χ0v) is 18.8. The molecule has 5 rings (SSSR count). The van der Waals surface area contributed by atoms with Gasteiger partial charge in [0.1, 0.15) is 11.6 Å². The van der Waals surface area contributed by atoms with Crippen LogP contribution in [0.3, 0.4) is 0 Å². The number of halogens is 4. The summed E-state index contributed by atoms with van der Waals surface area (Å²) >= 11 is 0. The fourth-order valence-electron chi connectivity index (χ4n) is 4.46. The third-order valence-electron chi connectivity index (χ3n) is 6.09. The molecule has 0 bridgehead atoms. The summed E-state index contributed by atoms with van der Waals surface area (Å²) in [5.41, 5.74) is 0.0891. The van der Waals surface area contributed by atoms with Gasteiger partial charge in [0, 0.05) is 42.4 Å². The molecule has 0 N–H and O–H groups in total. The fourth-order valence-corrected chi connectivity index (χ4v) is 6.17. The van der Waals surface area contributed by atoms with Gasteiger partial charge in [0.05, 0.1) is 4.90 Å². The van der Waals surface area contributed by atoms with E-state index in [0.717, 1.165) is 18.2 Å². The predicted octanol–water partition coefficient (Wildman–Crippen LogP) is 3.76. The lowest BCUT2D eigenvalue weighted by Gasteiger charge is -2.28. The summed E-state index contributed by atoms with van der Waals surface area (Å²) in [6, 6.07) is 6.43. The van der Waals surface area contributed by atoms with Crippen molar-refractivity contribution < 1.29 is 35.2 Å². The third kappa shape index (κ3) is 4.18. The molecular formula is C22H18F4N4O4S. The van der Waals surface area contributed by atoms with Crippen LogP contribution in [0.25, 0.3) is 11.5 Å². The third-order valence-corrected chi connectivity index (χ3v) is 8.04. The monoisotopic (exact) mass is 510 g/mol. The first kappa shape index (κ1) is 23.4. The van der Waals surface area contributed by atoms with Crippen molar-refractivity contribution in [3.05, 3.63) is 65.1 Å². The quantitative estimate of drug-likeness (QED) is 0.469. The van der Waals surface area contributed by atoms with Gasteiger partial charge in [0.2, 0.25) is 15.9 Å². The van der Waals surface area contributed by atoms with Gasteiger partial charge in [-0.2, -0.15) is 13.1 Å². The average Bonchev–Trinajstić information content (AvgIpc) is 3.55. The Morgan fingerprint density at radius 1 is 1.14 bits per heavy atom. The van der Waals surface area contributed by atoms with Gasteiger partial charge < -0.3 is 9.32 Å². The van der Waals surface area contributed by atoms with Gasteiger partial charge in [0.25, 0.3) is 11.8 Å². The van der Waals surface area contributed by atoms with Crippen LogP contribution in [0.5, 0.6) is 0 Å². The van der Waals surface area contributed by atoms with Crippen molar-refractivity contribution in [3.8, 4) is 11.5 Å². The van der Waals surface area contributed by atoms with Crippen LogP contribution in [0, 0.1) is 11.6 Å². The molecule has 2 aromatic carbocycles. The van der Waals surface area contributed by atoms with Gasteiger partial charge in [-0.1, -0.05) is 6.07 Å².